The lowest BCUT2D eigenvalue weighted by Gasteiger charge is -2.18. The van der Waals surface area contributed by atoms with E-state index in [9.17, 15) is 21.6 Å². The second kappa shape index (κ2) is 9.49. The Balaban J connectivity index is 1.42. The van der Waals surface area contributed by atoms with E-state index in [1.807, 2.05) is 35.1 Å². The number of hydrogen-bond donors (Lipinski definition) is 3. The first-order valence-electron chi connectivity index (χ1n) is 11.3. The van der Waals surface area contributed by atoms with Crippen molar-refractivity contribution in [3.05, 3.63) is 101 Å². The van der Waals surface area contributed by atoms with Gasteiger partial charge >= 0.3 is 0 Å². The second-order valence-corrected chi connectivity index (χ2v) is 12.4. The van der Waals surface area contributed by atoms with Gasteiger partial charge in [-0.3, -0.25) is 9.52 Å². The van der Waals surface area contributed by atoms with E-state index in [0.717, 1.165) is 16.6 Å². The second-order valence-electron chi connectivity index (χ2n) is 8.76. The minimum absolute atomic E-state index is 0.122. The van der Waals surface area contributed by atoms with Crippen molar-refractivity contribution in [2.75, 3.05) is 0 Å². The fourth-order valence-electron chi connectivity index (χ4n) is 4.33. The summed E-state index contributed by atoms with van der Waals surface area (Å²) in [5, 5.41) is -0.936. The molecule has 0 radical (unpaired) electrons. The van der Waals surface area contributed by atoms with Crippen molar-refractivity contribution in [3.63, 3.8) is 0 Å². The molecule has 0 saturated carbocycles. The number of aromatic nitrogens is 2. The average molecular weight is 525 g/mol. The number of para-hydroxylation sites is 2. The lowest BCUT2D eigenvalue weighted by molar-refractivity contribution is -0.118. The third-order valence-corrected chi connectivity index (χ3v) is 9.11. The molecule has 1 aliphatic rings. The third kappa shape index (κ3) is 5.32. The van der Waals surface area contributed by atoms with Crippen molar-refractivity contribution in [3.8, 4) is 0 Å². The van der Waals surface area contributed by atoms with Gasteiger partial charge in [0.15, 0.2) is 0 Å². The van der Waals surface area contributed by atoms with E-state index in [4.69, 9.17) is 0 Å². The SMILES string of the molecule is O=C1CC(c2ccc(C[C@H](NS(=O)(=O)Cc3ccccc3)c3nc4ccccc4[nH]3)cc2)S(=O)(=O)N1. The van der Waals surface area contributed by atoms with Crippen molar-refractivity contribution >= 4 is 37.0 Å². The Labute approximate surface area is 209 Å². The van der Waals surface area contributed by atoms with Gasteiger partial charge in [-0.1, -0.05) is 66.7 Å². The van der Waals surface area contributed by atoms with Gasteiger partial charge in [-0.05, 0) is 35.2 Å². The largest absolute Gasteiger partial charge is 0.341 e. The summed E-state index contributed by atoms with van der Waals surface area (Å²) >= 11 is 0. The van der Waals surface area contributed by atoms with Crippen LogP contribution in [0.4, 0.5) is 0 Å². The van der Waals surface area contributed by atoms with Crippen LogP contribution in [-0.4, -0.2) is 32.7 Å². The van der Waals surface area contributed by atoms with Crippen LogP contribution in [0, 0.1) is 0 Å². The van der Waals surface area contributed by atoms with Crippen molar-refractivity contribution in [1.29, 1.82) is 0 Å². The highest BCUT2D eigenvalue weighted by molar-refractivity contribution is 7.90. The van der Waals surface area contributed by atoms with Crippen molar-refractivity contribution in [2.24, 2.45) is 0 Å². The summed E-state index contributed by atoms with van der Waals surface area (Å²) in [4.78, 5) is 19.4. The maximum absolute atomic E-state index is 13.1. The Morgan fingerprint density at radius 1 is 0.944 bits per heavy atom. The Hall–Kier alpha value is -3.54. The predicted octanol–water partition coefficient (Wildman–Crippen LogP) is 2.86. The van der Waals surface area contributed by atoms with Gasteiger partial charge in [0.25, 0.3) is 0 Å². The average Bonchev–Trinajstić information content (AvgIpc) is 3.38. The van der Waals surface area contributed by atoms with Gasteiger partial charge in [-0.25, -0.2) is 26.5 Å². The minimum Gasteiger partial charge on any atom is -0.341 e. The van der Waals surface area contributed by atoms with Crippen LogP contribution in [-0.2, 0) is 37.0 Å². The van der Waals surface area contributed by atoms with E-state index < -0.39 is 37.2 Å². The Morgan fingerprint density at radius 3 is 2.31 bits per heavy atom. The summed E-state index contributed by atoms with van der Waals surface area (Å²) in [5.74, 6) is -0.226. The number of aromatic amines is 1. The van der Waals surface area contributed by atoms with Crippen LogP contribution in [0.25, 0.3) is 11.0 Å². The molecule has 1 saturated heterocycles. The number of carbonyl (C=O) groups is 1. The number of benzene rings is 3. The number of imidazole rings is 1. The number of nitrogens with zero attached hydrogens (tertiary/aromatic N) is 1. The molecule has 1 aromatic heterocycles. The molecule has 2 atom stereocenters. The molecule has 0 bridgehead atoms. The smallest absolute Gasteiger partial charge is 0.242 e. The molecule has 5 rings (SSSR count). The standard InChI is InChI=1S/C25H24N4O5S2/c30-24-15-23(36(33,34)29-24)19-12-10-17(11-13-19)14-22(25-26-20-8-4-5-9-21(20)27-25)28-35(31,32)16-18-6-2-1-3-7-18/h1-13,22-23,28H,14-16H2,(H,26,27)(H,29,30)/t22-,23?/m0/s1. The van der Waals surface area contributed by atoms with E-state index >= 15 is 0 Å². The Morgan fingerprint density at radius 2 is 1.64 bits per heavy atom. The topological polar surface area (TPSA) is 138 Å². The summed E-state index contributed by atoms with van der Waals surface area (Å²) in [6.45, 7) is 0. The Bertz CT molecular complexity index is 1580. The minimum atomic E-state index is -3.74. The van der Waals surface area contributed by atoms with Crippen LogP contribution < -0.4 is 9.44 Å². The maximum atomic E-state index is 13.1. The number of amides is 1. The molecule has 0 aliphatic carbocycles. The van der Waals surface area contributed by atoms with Crippen LogP contribution in [0.1, 0.15) is 40.2 Å². The number of fused-ring (bicyclic) bond motifs is 1. The van der Waals surface area contributed by atoms with E-state index in [1.54, 1.807) is 48.5 Å². The van der Waals surface area contributed by atoms with Gasteiger partial charge in [0.2, 0.25) is 26.0 Å². The number of rotatable bonds is 8. The van der Waals surface area contributed by atoms with E-state index in [-0.39, 0.29) is 18.6 Å². The van der Waals surface area contributed by atoms with Crippen LogP contribution in [0.15, 0.2) is 78.9 Å². The van der Waals surface area contributed by atoms with Gasteiger partial charge in [0.1, 0.15) is 11.1 Å². The molecule has 1 unspecified atom stereocenters. The Kier molecular flexibility index (Phi) is 6.37. The number of nitrogens with one attached hydrogen (secondary N) is 3. The molecule has 1 aliphatic heterocycles. The van der Waals surface area contributed by atoms with Crippen LogP contribution >= 0.6 is 0 Å². The molecular formula is C25H24N4O5S2. The summed E-state index contributed by atoms with van der Waals surface area (Å²) in [5.41, 5.74) is 3.46. The van der Waals surface area contributed by atoms with E-state index in [0.29, 0.717) is 17.0 Å². The van der Waals surface area contributed by atoms with Crippen molar-refractivity contribution in [2.45, 2.75) is 29.9 Å². The highest BCUT2D eigenvalue weighted by atomic mass is 32.2. The molecule has 3 aromatic carbocycles. The summed E-state index contributed by atoms with van der Waals surface area (Å²) in [6, 6.07) is 22.5. The lowest BCUT2D eigenvalue weighted by atomic mass is 10.0. The maximum Gasteiger partial charge on any atom is 0.242 e. The fourth-order valence-corrected chi connectivity index (χ4v) is 7.11. The molecule has 3 N–H and O–H groups in total. The van der Waals surface area contributed by atoms with Gasteiger partial charge in [0, 0.05) is 0 Å². The number of H-pyrrole nitrogens is 1. The van der Waals surface area contributed by atoms with Gasteiger partial charge in [-0.15, -0.1) is 0 Å². The first-order valence-corrected chi connectivity index (χ1v) is 14.5. The van der Waals surface area contributed by atoms with E-state index in [2.05, 4.69) is 14.7 Å². The van der Waals surface area contributed by atoms with Gasteiger partial charge in [0.05, 0.1) is 29.2 Å². The zero-order chi connectivity index (χ0) is 25.3. The molecule has 36 heavy (non-hydrogen) atoms. The molecule has 0 spiro atoms. The molecule has 1 amide bonds. The van der Waals surface area contributed by atoms with Crippen molar-refractivity contribution < 1.29 is 21.6 Å². The van der Waals surface area contributed by atoms with E-state index in [1.165, 1.54) is 0 Å². The molecule has 186 valence electrons. The third-order valence-electron chi connectivity index (χ3n) is 6.05. The molecule has 11 heteroatoms. The monoisotopic (exact) mass is 524 g/mol. The molecule has 1 fully saturated rings. The highest BCUT2D eigenvalue weighted by Crippen LogP contribution is 2.30. The summed E-state index contributed by atoms with van der Waals surface area (Å²) in [6.07, 6.45) is 0.158. The van der Waals surface area contributed by atoms with Crippen LogP contribution in [0.2, 0.25) is 0 Å². The predicted molar refractivity (Wildman–Crippen MR) is 136 cm³/mol. The first-order chi connectivity index (χ1) is 17.2. The summed E-state index contributed by atoms with van der Waals surface area (Å²) < 4.78 is 55.3. The van der Waals surface area contributed by atoms with Crippen LogP contribution in [0.5, 0.6) is 0 Å². The molecule has 4 aromatic rings. The first kappa shape index (κ1) is 24.2. The molecule has 2 heterocycles. The zero-order valence-electron chi connectivity index (χ0n) is 19.1. The van der Waals surface area contributed by atoms with Gasteiger partial charge < -0.3 is 4.98 Å². The fraction of sp³-hybridized carbons (Fsp3) is 0.200. The highest BCUT2D eigenvalue weighted by Gasteiger charge is 2.37. The van der Waals surface area contributed by atoms with Gasteiger partial charge in [-0.2, -0.15) is 0 Å². The summed E-state index contributed by atoms with van der Waals surface area (Å²) in [7, 11) is -7.46. The molecular weight excluding hydrogens is 500 g/mol. The number of sulfonamides is 2. The zero-order valence-corrected chi connectivity index (χ0v) is 20.7. The normalized spacial score (nSPS) is 18.2. The number of carbonyl (C=O) groups excluding carboxylic acids is 1. The van der Waals surface area contributed by atoms with Crippen LogP contribution in [0.3, 0.4) is 0 Å². The lowest BCUT2D eigenvalue weighted by Crippen LogP contribution is -2.31. The quantitative estimate of drug-likeness (QED) is 0.324. The van der Waals surface area contributed by atoms with Crippen molar-refractivity contribution in [1.82, 2.24) is 19.4 Å². The molecule has 9 nitrogen and oxygen atoms in total. The number of hydrogen-bond acceptors (Lipinski definition) is 6.